The van der Waals surface area contributed by atoms with Crippen LogP contribution in [0.1, 0.15) is 126 Å². The first-order valence-corrected chi connectivity index (χ1v) is 15.0. The fraction of sp³-hybridized carbons (Fsp3) is 0.938. The Morgan fingerprint density at radius 2 is 1.51 bits per heavy atom. The molecule has 3 heteroatoms. The normalized spacial score (nSPS) is 45.9. The number of esters is 1. The second-order valence-electron chi connectivity index (χ2n) is 14.6. The summed E-state index contributed by atoms with van der Waals surface area (Å²) >= 11 is 0. The SMILES string of the molecule is CC(=O)O[C@H]1C[C@H]2[C@@H](CC[C@@]3(C)[C@H]([C@@H](C)CCCC(C)C)CC[C@]23C)[C@@]2(C)CC[C@H](C(C)=O)C[C@H]12. The molecule has 0 aromatic heterocycles. The molecule has 0 bridgehead atoms. The van der Waals surface area contributed by atoms with E-state index in [0.29, 0.717) is 34.4 Å². The van der Waals surface area contributed by atoms with Gasteiger partial charge in [-0.05, 0) is 104 Å². The molecule has 4 aliphatic carbocycles. The summed E-state index contributed by atoms with van der Waals surface area (Å²) in [6.07, 6.45) is 13.5. The van der Waals surface area contributed by atoms with Crippen LogP contribution in [-0.4, -0.2) is 17.9 Å². The first kappa shape index (κ1) is 27.2. The van der Waals surface area contributed by atoms with E-state index in [0.717, 1.165) is 43.4 Å². The number of hydrogen-bond acceptors (Lipinski definition) is 3. The average molecular weight is 487 g/mol. The van der Waals surface area contributed by atoms with E-state index in [1.54, 1.807) is 13.8 Å². The maximum atomic E-state index is 12.3. The highest BCUT2D eigenvalue weighted by Crippen LogP contribution is 2.74. The Bertz CT molecular complexity index is 803. The van der Waals surface area contributed by atoms with E-state index in [1.807, 2.05) is 0 Å². The number of ketones is 1. The Morgan fingerprint density at radius 3 is 2.14 bits per heavy atom. The molecule has 0 N–H and O–H groups in total. The van der Waals surface area contributed by atoms with Crippen molar-refractivity contribution in [3.8, 4) is 0 Å². The van der Waals surface area contributed by atoms with E-state index < -0.39 is 0 Å². The molecular formula is C32H54O3. The number of rotatable bonds is 7. The minimum atomic E-state index is -0.146. The van der Waals surface area contributed by atoms with E-state index in [4.69, 9.17) is 4.74 Å². The lowest BCUT2D eigenvalue weighted by Gasteiger charge is -2.66. The first-order valence-electron chi connectivity index (χ1n) is 15.0. The van der Waals surface area contributed by atoms with Crippen molar-refractivity contribution < 1.29 is 14.3 Å². The molecule has 35 heavy (non-hydrogen) atoms. The molecular weight excluding hydrogens is 432 g/mol. The smallest absolute Gasteiger partial charge is 0.302 e. The van der Waals surface area contributed by atoms with E-state index in [2.05, 4.69) is 41.5 Å². The van der Waals surface area contributed by atoms with E-state index in [1.165, 1.54) is 44.9 Å². The van der Waals surface area contributed by atoms with Gasteiger partial charge in [-0.15, -0.1) is 0 Å². The van der Waals surface area contributed by atoms with Crippen molar-refractivity contribution >= 4 is 11.8 Å². The predicted octanol–water partition coefficient (Wildman–Crippen LogP) is 8.24. The van der Waals surface area contributed by atoms with Gasteiger partial charge in [0.1, 0.15) is 11.9 Å². The zero-order chi connectivity index (χ0) is 25.8. The lowest BCUT2D eigenvalue weighted by atomic mass is 9.39. The standard InChI is InChI=1S/C32H54O3/c1-20(2)10-9-11-21(3)25-13-16-32(8)27-19-29(35-23(5)34)28-18-24(22(4)33)12-15-30(28,6)26(27)14-17-31(25,32)7/h20-21,24-29H,9-19H2,1-8H3/t21-,24-,25-,26+,27-,28+,29-,30+,31-,32+/m0/s1. The van der Waals surface area contributed by atoms with Gasteiger partial charge >= 0.3 is 5.97 Å². The second-order valence-corrected chi connectivity index (χ2v) is 14.6. The van der Waals surface area contributed by atoms with Gasteiger partial charge in [-0.25, -0.2) is 0 Å². The number of ether oxygens (including phenoxy) is 1. The summed E-state index contributed by atoms with van der Waals surface area (Å²) in [5.74, 6) is 4.37. The molecule has 4 fully saturated rings. The number of Topliss-reactive ketones (excluding diaryl/α,β-unsaturated/α-hetero) is 1. The van der Waals surface area contributed by atoms with Crippen molar-refractivity contribution in [3.05, 3.63) is 0 Å². The largest absolute Gasteiger partial charge is 0.462 e. The summed E-state index contributed by atoms with van der Waals surface area (Å²) in [6.45, 7) is 18.3. The van der Waals surface area contributed by atoms with Crippen molar-refractivity contribution in [2.75, 3.05) is 0 Å². The summed E-state index contributed by atoms with van der Waals surface area (Å²) in [5.41, 5.74) is 0.878. The minimum absolute atomic E-state index is 0.0254. The number of carbonyl (C=O) groups excluding carboxylic acids is 2. The van der Waals surface area contributed by atoms with E-state index >= 15 is 0 Å². The fourth-order valence-electron chi connectivity index (χ4n) is 10.4. The van der Waals surface area contributed by atoms with Gasteiger partial charge in [0.25, 0.3) is 0 Å². The molecule has 200 valence electrons. The van der Waals surface area contributed by atoms with Gasteiger partial charge in [0, 0.05) is 18.8 Å². The number of carbonyl (C=O) groups is 2. The van der Waals surface area contributed by atoms with Crippen LogP contribution in [0.4, 0.5) is 0 Å². The average Bonchev–Trinajstić information content (AvgIpc) is 3.04. The second kappa shape index (κ2) is 9.79. The Kier molecular flexibility index (Phi) is 7.60. The van der Waals surface area contributed by atoms with Gasteiger partial charge in [0.2, 0.25) is 0 Å². The zero-order valence-electron chi connectivity index (χ0n) is 24.1. The summed E-state index contributed by atoms with van der Waals surface area (Å²) in [7, 11) is 0. The van der Waals surface area contributed by atoms with Crippen LogP contribution < -0.4 is 0 Å². The van der Waals surface area contributed by atoms with Crippen molar-refractivity contribution in [1.82, 2.24) is 0 Å². The summed E-state index contributed by atoms with van der Waals surface area (Å²) < 4.78 is 6.13. The van der Waals surface area contributed by atoms with Gasteiger partial charge < -0.3 is 4.74 Å². The van der Waals surface area contributed by atoms with Crippen molar-refractivity contribution in [2.24, 2.45) is 57.7 Å². The molecule has 0 spiro atoms. The van der Waals surface area contributed by atoms with Crippen LogP contribution in [0.25, 0.3) is 0 Å². The van der Waals surface area contributed by atoms with Crippen LogP contribution in [0.15, 0.2) is 0 Å². The minimum Gasteiger partial charge on any atom is -0.462 e. The molecule has 0 saturated heterocycles. The predicted molar refractivity (Wildman–Crippen MR) is 143 cm³/mol. The van der Waals surface area contributed by atoms with Gasteiger partial charge in [-0.2, -0.15) is 0 Å². The van der Waals surface area contributed by atoms with Crippen molar-refractivity contribution in [2.45, 2.75) is 132 Å². The molecule has 0 aromatic carbocycles. The molecule has 4 aliphatic rings. The van der Waals surface area contributed by atoms with Crippen LogP contribution in [-0.2, 0) is 14.3 Å². The highest BCUT2D eigenvalue weighted by atomic mass is 16.5. The molecule has 0 heterocycles. The summed E-state index contributed by atoms with van der Waals surface area (Å²) in [5, 5.41) is 0. The quantitative estimate of drug-likeness (QED) is 0.340. The summed E-state index contributed by atoms with van der Waals surface area (Å²) in [4.78, 5) is 24.6. The highest BCUT2D eigenvalue weighted by molar-refractivity contribution is 5.78. The van der Waals surface area contributed by atoms with Gasteiger partial charge in [0.15, 0.2) is 0 Å². The molecule has 3 nitrogen and oxygen atoms in total. The van der Waals surface area contributed by atoms with Crippen LogP contribution in [0.5, 0.6) is 0 Å². The van der Waals surface area contributed by atoms with Crippen LogP contribution >= 0.6 is 0 Å². The third-order valence-corrected chi connectivity index (χ3v) is 12.6. The summed E-state index contributed by atoms with van der Waals surface area (Å²) in [6, 6.07) is 0. The van der Waals surface area contributed by atoms with Crippen molar-refractivity contribution in [3.63, 3.8) is 0 Å². The zero-order valence-corrected chi connectivity index (χ0v) is 24.1. The molecule has 10 atom stereocenters. The van der Waals surface area contributed by atoms with Crippen molar-refractivity contribution in [1.29, 1.82) is 0 Å². The number of fused-ring (bicyclic) bond motifs is 5. The third kappa shape index (κ3) is 4.54. The Morgan fingerprint density at radius 1 is 0.829 bits per heavy atom. The Labute approximate surface area is 215 Å². The molecule has 0 radical (unpaired) electrons. The molecule has 0 aliphatic heterocycles. The highest BCUT2D eigenvalue weighted by Gasteiger charge is 2.67. The maximum absolute atomic E-state index is 12.3. The van der Waals surface area contributed by atoms with Gasteiger partial charge in [0.05, 0.1) is 0 Å². The van der Waals surface area contributed by atoms with Crippen LogP contribution in [0.3, 0.4) is 0 Å². The maximum Gasteiger partial charge on any atom is 0.302 e. The molecule has 0 unspecified atom stereocenters. The van der Waals surface area contributed by atoms with Crippen LogP contribution in [0, 0.1) is 57.7 Å². The molecule has 0 amide bonds. The monoisotopic (exact) mass is 486 g/mol. The third-order valence-electron chi connectivity index (χ3n) is 12.6. The van der Waals surface area contributed by atoms with E-state index in [-0.39, 0.29) is 23.4 Å². The van der Waals surface area contributed by atoms with Crippen LogP contribution in [0.2, 0.25) is 0 Å². The molecule has 4 saturated carbocycles. The fourth-order valence-corrected chi connectivity index (χ4v) is 10.4. The topological polar surface area (TPSA) is 43.4 Å². The Balaban J connectivity index is 1.61. The molecule has 4 rings (SSSR count). The Hall–Kier alpha value is -0.860. The molecule has 0 aromatic rings. The van der Waals surface area contributed by atoms with Gasteiger partial charge in [-0.1, -0.05) is 60.8 Å². The lowest BCUT2D eigenvalue weighted by molar-refractivity contribution is -0.206. The lowest BCUT2D eigenvalue weighted by Crippen LogP contribution is -2.61. The van der Waals surface area contributed by atoms with Gasteiger partial charge in [-0.3, -0.25) is 9.59 Å². The number of hydrogen-bond donors (Lipinski definition) is 0. The first-order chi connectivity index (χ1) is 16.3. The van der Waals surface area contributed by atoms with E-state index in [9.17, 15) is 9.59 Å².